The van der Waals surface area contributed by atoms with Crippen molar-refractivity contribution >= 4 is 40.0 Å². The summed E-state index contributed by atoms with van der Waals surface area (Å²) in [6, 6.07) is 14.4. The van der Waals surface area contributed by atoms with Crippen molar-refractivity contribution in [1.82, 2.24) is 5.32 Å². The SMILES string of the molecule is CCOc1ccc(/C(S/C(NC(=O)Cc2ccc3c(c2)SC(N)N3C)=C(\C)CC)=C(\C)CC)cc1. The predicted octanol–water partition coefficient (Wildman–Crippen LogP) is 6.74. The number of ether oxygens (including phenoxy) is 1. The number of carbonyl (C=O) groups excluding carboxylic acids is 1. The number of amides is 1. The number of rotatable bonds is 10. The van der Waals surface area contributed by atoms with Crippen LogP contribution in [-0.4, -0.2) is 25.1 Å². The molecule has 7 heteroatoms. The van der Waals surface area contributed by atoms with Crippen LogP contribution in [0.5, 0.6) is 5.75 Å². The Kier molecular flexibility index (Phi) is 9.78. The maximum Gasteiger partial charge on any atom is 0.229 e. The molecule has 0 spiro atoms. The molecule has 0 saturated heterocycles. The third-order valence-electron chi connectivity index (χ3n) is 6.12. The normalized spacial score (nSPS) is 16.4. The lowest BCUT2D eigenvalue weighted by Gasteiger charge is -2.18. The fourth-order valence-corrected chi connectivity index (χ4v) is 6.00. The lowest BCUT2D eigenvalue weighted by molar-refractivity contribution is -0.119. The molecule has 0 radical (unpaired) electrons. The predicted molar refractivity (Wildman–Crippen MR) is 152 cm³/mol. The summed E-state index contributed by atoms with van der Waals surface area (Å²) in [6.07, 6.45) is 2.12. The van der Waals surface area contributed by atoms with Gasteiger partial charge in [-0.2, -0.15) is 0 Å². The zero-order chi connectivity index (χ0) is 25.5. The summed E-state index contributed by atoms with van der Waals surface area (Å²) in [5.41, 5.74) is 11.7. The van der Waals surface area contributed by atoms with E-state index in [0.717, 1.165) is 50.9 Å². The summed E-state index contributed by atoms with van der Waals surface area (Å²) < 4.78 is 5.61. The Labute approximate surface area is 218 Å². The van der Waals surface area contributed by atoms with E-state index in [0.29, 0.717) is 13.0 Å². The van der Waals surface area contributed by atoms with E-state index in [1.54, 1.807) is 23.5 Å². The number of hydrogen-bond donors (Lipinski definition) is 2. The summed E-state index contributed by atoms with van der Waals surface area (Å²) in [7, 11) is 1.99. The fourth-order valence-electron chi connectivity index (χ4n) is 3.66. The van der Waals surface area contributed by atoms with Gasteiger partial charge in [-0.1, -0.05) is 61.1 Å². The summed E-state index contributed by atoms with van der Waals surface area (Å²) in [6.45, 7) is 11.2. The van der Waals surface area contributed by atoms with Gasteiger partial charge in [0, 0.05) is 16.8 Å². The van der Waals surface area contributed by atoms with Crippen molar-refractivity contribution in [2.45, 2.75) is 64.3 Å². The number of nitrogens with one attached hydrogen (secondary N) is 1. The van der Waals surface area contributed by atoms with E-state index < -0.39 is 0 Å². The minimum absolute atomic E-state index is 0.0129. The minimum atomic E-state index is -0.0816. The zero-order valence-corrected chi connectivity index (χ0v) is 23.2. The zero-order valence-electron chi connectivity index (χ0n) is 21.6. The van der Waals surface area contributed by atoms with Crippen LogP contribution < -0.4 is 20.7 Å². The first-order chi connectivity index (χ1) is 16.8. The number of carbonyl (C=O) groups is 1. The first-order valence-corrected chi connectivity index (χ1v) is 13.8. The van der Waals surface area contributed by atoms with E-state index in [1.165, 1.54) is 10.5 Å². The van der Waals surface area contributed by atoms with Crippen molar-refractivity contribution in [2.24, 2.45) is 5.73 Å². The van der Waals surface area contributed by atoms with Crippen LogP contribution in [0, 0.1) is 0 Å². The molecule has 35 heavy (non-hydrogen) atoms. The van der Waals surface area contributed by atoms with Gasteiger partial charge < -0.3 is 20.7 Å². The first-order valence-electron chi connectivity index (χ1n) is 12.2. The summed E-state index contributed by atoms with van der Waals surface area (Å²) in [5, 5.41) is 4.12. The molecule has 188 valence electrons. The van der Waals surface area contributed by atoms with E-state index >= 15 is 0 Å². The van der Waals surface area contributed by atoms with Gasteiger partial charge in [0.15, 0.2) is 0 Å². The van der Waals surface area contributed by atoms with Crippen LogP contribution in [0.1, 0.15) is 58.6 Å². The number of nitrogens with two attached hydrogens (primary N) is 1. The standard InChI is InChI=1S/C28H37N3O2S2/c1-7-18(4)26(21-11-13-22(14-12-21)33-9-3)35-27(19(5)8-2)30-25(32)17-20-10-15-23-24(16-20)34-28(29)31(23)6/h10-16,28H,7-9,17,29H2,1-6H3,(H,30,32)/b26-18-,27-19+. The average Bonchev–Trinajstić information content (AvgIpc) is 3.14. The minimum Gasteiger partial charge on any atom is -0.494 e. The number of hydrogen-bond acceptors (Lipinski definition) is 6. The van der Waals surface area contributed by atoms with E-state index in [9.17, 15) is 4.79 Å². The van der Waals surface area contributed by atoms with Gasteiger partial charge in [0.2, 0.25) is 5.91 Å². The highest BCUT2D eigenvalue weighted by molar-refractivity contribution is 8.11. The second kappa shape index (κ2) is 12.6. The third-order valence-corrected chi connectivity index (χ3v) is 8.70. The van der Waals surface area contributed by atoms with Gasteiger partial charge in [-0.15, -0.1) is 0 Å². The van der Waals surface area contributed by atoms with Crippen LogP contribution in [0.15, 0.2) is 63.5 Å². The highest BCUT2D eigenvalue weighted by atomic mass is 32.2. The van der Waals surface area contributed by atoms with E-state index in [4.69, 9.17) is 10.5 Å². The molecule has 2 aromatic carbocycles. The quantitative estimate of drug-likeness (QED) is 0.368. The molecule has 0 aliphatic carbocycles. The maximum absolute atomic E-state index is 13.1. The maximum atomic E-state index is 13.1. The number of thioether (sulfide) groups is 2. The van der Waals surface area contributed by atoms with Gasteiger partial charge in [0.05, 0.1) is 23.7 Å². The first kappa shape index (κ1) is 27.2. The van der Waals surface area contributed by atoms with Crippen molar-refractivity contribution in [2.75, 3.05) is 18.6 Å². The van der Waals surface area contributed by atoms with Crippen LogP contribution in [0.25, 0.3) is 4.91 Å². The van der Waals surface area contributed by atoms with Gasteiger partial charge in [0.1, 0.15) is 11.2 Å². The molecule has 0 fully saturated rings. The molecule has 1 aliphatic heterocycles. The van der Waals surface area contributed by atoms with Crippen molar-refractivity contribution < 1.29 is 9.53 Å². The monoisotopic (exact) mass is 511 g/mol. The highest BCUT2D eigenvalue weighted by Gasteiger charge is 2.24. The van der Waals surface area contributed by atoms with Crippen molar-refractivity contribution in [1.29, 1.82) is 0 Å². The van der Waals surface area contributed by atoms with Crippen LogP contribution >= 0.6 is 23.5 Å². The van der Waals surface area contributed by atoms with Crippen LogP contribution in [0.3, 0.4) is 0 Å². The number of anilines is 1. The van der Waals surface area contributed by atoms with Gasteiger partial charge in [-0.05, 0) is 74.6 Å². The molecule has 1 heterocycles. The Morgan fingerprint density at radius 3 is 2.40 bits per heavy atom. The van der Waals surface area contributed by atoms with E-state index in [-0.39, 0.29) is 11.4 Å². The second-order valence-electron chi connectivity index (χ2n) is 8.63. The third kappa shape index (κ3) is 6.87. The Balaban J connectivity index is 1.78. The molecule has 0 aromatic heterocycles. The lowest BCUT2D eigenvalue weighted by atomic mass is 10.1. The largest absolute Gasteiger partial charge is 0.494 e. The van der Waals surface area contributed by atoms with Gasteiger partial charge in [-0.25, -0.2) is 0 Å². The molecular formula is C28H37N3O2S2. The molecule has 3 rings (SSSR count). The molecule has 1 aliphatic rings. The van der Waals surface area contributed by atoms with Gasteiger partial charge >= 0.3 is 0 Å². The number of benzene rings is 2. The summed E-state index contributed by atoms with van der Waals surface area (Å²) >= 11 is 3.27. The number of allylic oxidation sites excluding steroid dienone is 2. The van der Waals surface area contributed by atoms with Crippen LogP contribution in [0.2, 0.25) is 0 Å². The Morgan fingerprint density at radius 2 is 1.77 bits per heavy atom. The van der Waals surface area contributed by atoms with Gasteiger partial charge in [-0.3, -0.25) is 4.79 Å². The molecule has 0 bridgehead atoms. The molecule has 5 nitrogen and oxygen atoms in total. The summed E-state index contributed by atoms with van der Waals surface area (Å²) in [4.78, 5) is 17.5. The second-order valence-corrected chi connectivity index (χ2v) is 10.8. The lowest BCUT2D eigenvalue weighted by Crippen LogP contribution is -2.32. The Morgan fingerprint density at radius 1 is 1.09 bits per heavy atom. The molecule has 2 aromatic rings. The molecular weight excluding hydrogens is 474 g/mol. The molecule has 1 atom stereocenters. The fraction of sp³-hybridized carbons (Fsp3) is 0.393. The molecule has 1 amide bonds. The number of fused-ring (bicyclic) bond motifs is 1. The summed E-state index contributed by atoms with van der Waals surface area (Å²) in [5.74, 6) is 0.851. The molecule has 0 saturated carbocycles. The van der Waals surface area contributed by atoms with Gasteiger partial charge in [0.25, 0.3) is 0 Å². The smallest absolute Gasteiger partial charge is 0.229 e. The van der Waals surface area contributed by atoms with Crippen molar-refractivity contribution in [3.05, 3.63) is 69.8 Å². The van der Waals surface area contributed by atoms with E-state index in [1.807, 2.05) is 32.2 Å². The van der Waals surface area contributed by atoms with E-state index in [2.05, 4.69) is 62.2 Å². The van der Waals surface area contributed by atoms with Crippen molar-refractivity contribution in [3.63, 3.8) is 0 Å². The molecule has 1 unspecified atom stereocenters. The van der Waals surface area contributed by atoms with Crippen LogP contribution in [-0.2, 0) is 11.2 Å². The Hall–Kier alpha value is -2.35. The average molecular weight is 512 g/mol. The van der Waals surface area contributed by atoms with Crippen molar-refractivity contribution in [3.8, 4) is 5.75 Å². The molecule has 3 N–H and O–H groups in total. The van der Waals surface area contributed by atoms with Crippen LogP contribution in [0.4, 0.5) is 5.69 Å². The number of nitrogens with zero attached hydrogens (tertiary/aromatic N) is 1. The Bertz CT molecular complexity index is 1110. The topological polar surface area (TPSA) is 67.6 Å². The highest BCUT2D eigenvalue weighted by Crippen LogP contribution is 2.41.